The molecular formula is C33H37O3S+. The lowest BCUT2D eigenvalue weighted by Crippen LogP contribution is -2.57. The molecule has 192 valence electrons. The average molecular weight is 514 g/mol. The van der Waals surface area contributed by atoms with Gasteiger partial charge in [-0.3, -0.25) is 0 Å². The minimum absolute atomic E-state index is 0.0573. The molecule has 0 aromatic heterocycles. The maximum Gasteiger partial charge on any atom is 0.344 e. The zero-order chi connectivity index (χ0) is 25.5. The number of benzene rings is 3. The number of hydrogen-bond donors (Lipinski definition) is 0. The maximum absolute atomic E-state index is 12.9. The topological polar surface area (TPSA) is 35.5 Å². The first kappa shape index (κ1) is 24.6. The maximum atomic E-state index is 12.9. The number of ether oxygens (including phenoxy) is 2. The summed E-state index contributed by atoms with van der Waals surface area (Å²) < 4.78 is 12.1. The Morgan fingerprint density at radius 2 is 1.22 bits per heavy atom. The van der Waals surface area contributed by atoms with Crippen LogP contribution in [-0.4, -0.2) is 18.2 Å². The predicted octanol–water partition coefficient (Wildman–Crippen LogP) is 7.70. The molecule has 3 aromatic carbocycles. The lowest BCUT2D eigenvalue weighted by Gasteiger charge is -2.61. The Hall–Kier alpha value is -2.72. The number of carbonyl (C=O) groups is 1. The van der Waals surface area contributed by atoms with Gasteiger partial charge in [0.2, 0.25) is 0 Å². The summed E-state index contributed by atoms with van der Waals surface area (Å²) in [6.07, 6.45) is 7.81. The van der Waals surface area contributed by atoms with Crippen molar-refractivity contribution in [1.29, 1.82) is 0 Å². The minimum atomic E-state index is -0.451. The van der Waals surface area contributed by atoms with Gasteiger partial charge in [0.1, 0.15) is 11.4 Å². The molecule has 37 heavy (non-hydrogen) atoms. The second-order valence-corrected chi connectivity index (χ2v) is 13.9. The molecule has 0 unspecified atom stereocenters. The van der Waals surface area contributed by atoms with Crippen molar-refractivity contribution in [2.75, 3.05) is 6.61 Å². The minimum Gasteiger partial charge on any atom is -0.482 e. The lowest BCUT2D eigenvalue weighted by molar-refractivity contribution is -0.200. The van der Waals surface area contributed by atoms with E-state index >= 15 is 0 Å². The molecule has 3 aromatic rings. The standard InChI is InChI=1S/C33H37O3S/c1-32(2,33-20-24-17-25(21-33)19-26(18-24)22-33)36-31(34)23-35-27-13-15-30(16-14-27)37(28-9-5-3-6-10-28)29-11-7-4-8-12-29/h3-16,24-26H,17-23H2,1-2H3/q+1. The van der Waals surface area contributed by atoms with Gasteiger partial charge in [-0.1, -0.05) is 36.4 Å². The molecule has 0 saturated heterocycles. The van der Waals surface area contributed by atoms with E-state index in [1.807, 2.05) is 12.1 Å². The Morgan fingerprint density at radius 3 is 1.70 bits per heavy atom. The van der Waals surface area contributed by atoms with Crippen LogP contribution in [0.15, 0.2) is 99.6 Å². The van der Waals surface area contributed by atoms with Crippen LogP contribution >= 0.6 is 0 Å². The van der Waals surface area contributed by atoms with Gasteiger partial charge in [-0.2, -0.15) is 0 Å². The second kappa shape index (κ2) is 9.87. The van der Waals surface area contributed by atoms with E-state index in [9.17, 15) is 4.79 Å². The normalized spacial score (nSPS) is 26.3. The van der Waals surface area contributed by atoms with Crippen LogP contribution in [0.3, 0.4) is 0 Å². The highest BCUT2D eigenvalue weighted by Crippen LogP contribution is 2.64. The Kier molecular flexibility index (Phi) is 6.56. The highest BCUT2D eigenvalue weighted by molar-refractivity contribution is 7.97. The van der Waals surface area contributed by atoms with Crippen LogP contribution in [0.25, 0.3) is 0 Å². The summed E-state index contributed by atoms with van der Waals surface area (Å²) in [6, 6.07) is 29.4. The van der Waals surface area contributed by atoms with E-state index in [0.717, 1.165) is 17.8 Å². The quantitative estimate of drug-likeness (QED) is 0.229. The summed E-state index contributed by atoms with van der Waals surface area (Å²) in [5.41, 5.74) is -0.309. The fourth-order valence-corrected chi connectivity index (χ4v) is 9.69. The highest BCUT2D eigenvalue weighted by atomic mass is 32.2. The number of esters is 1. The first-order valence-electron chi connectivity index (χ1n) is 13.7. The van der Waals surface area contributed by atoms with E-state index in [1.165, 1.54) is 53.2 Å². The molecule has 7 rings (SSSR count). The monoisotopic (exact) mass is 513 g/mol. The summed E-state index contributed by atoms with van der Waals surface area (Å²) in [4.78, 5) is 16.7. The fraction of sp³-hybridized carbons (Fsp3) is 0.424. The summed E-state index contributed by atoms with van der Waals surface area (Å²) in [5, 5.41) is 0. The summed E-state index contributed by atoms with van der Waals surface area (Å²) in [6.45, 7) is 4.22. The molecule has 0 N–H and O–H groups in total. The first-order chi connectivity index (χ1) is 17.9. The molecular weight excluding hydrogens is 476 g/mol. The highest BCUT2D eigenvalue weighted by Gasteiger charge is 2.58. The van der Waals surface area contributed by atoms with E-state index in [2.05, 4.69) is 86.6 Å². The molecule has 0 aliphatic heterocycles. The number of rotatable bonds is 8. The van der Waals surface area contributed by atoms with Crippen molar-refractivity contribution in [2.24, 2.45) is 23.2 Å². The number of hydrogen-bond acceptors (Lipinski definition) is 3. The molecule has 4 bridgehead atoms. The van der Waals surface area contributed by atoms with Crippen molar-refractivity contribution in [3.63, 3.8) is 0 Å². The molecule has 4 saturated carbocycles. The van der Waals surface area contributed by atoms with Crippen LogP contribution in [0.2, 0.25) is 0 Å². The smallest absolute Gasteiger partial charge is 0.344 e. The number of carbonyl (C=O) groups excluding carboxylic acids is 1. The molecule has 4 aliphatic rings. The SMILES string of the molecule is CC(C)(OC(=O)COc1ccc([S+](c2ccccc2)c2ccccc2)cc1)C12CC3CC(CC(C3)C1)C2. The van der Waals surface area contributed by atoms with E-state index in [-0.39, 0.29) is 28.9 Å². The van der Waals surface area contributed by atoms with E-state index in [4.69, 9.17) is 9.47 Å². The van der Waals surface area contributed by atoms with Gasteiger partial charge in [0.25, 0.3) is 0 Å². The fourth-order valence-electron chi connectivity index (χ4n) is 7.61. The third kappa shape index (κ3) is 4.93. The van der Waals surface area contributed by atoms with Gasteiger partial charge in [0.15, 0.2) is 21.3 Å². The van der Waals surface area contributed by atoms with Crippen molar-refractivity contribution in [3.8, 4) is 5.75 Å². The molecule has 0 spiro atoms. The van der Waals surface area contributed by atoms with Crippen LogP contribution in [-0.2, 0) is 20.4 Å². The second-order valence-electron chi connectivity index (χ2n) is 11.9. The van der Waals surface area contributed by atoms with Gasteiger partial charge in [-0.05, 0) is 119 Å². The Morgan fingerprint density at radius 1 is 0.757 bits per heavy atom. The van der Waals surface area contributed by atoms with Gasteiger partial charge in [-0.15, -0.1) is 0 Å². The molecule has 4 fully saturated rings. The molecule has 4 heteroatoms. The van der Waals surface area contributed by atoms with Crippen molar-refractivity contribution in [3.05, 3.63) is 84.9 Å². The summed E-state index contributed by atoms with van der Waals surface area (Å²) >= 11 is 0. The van der Waals surface area contributed by atoms with Gasteiger partial charge >= 0.3 is 5.97 Å². The van der Waals surface area contributed by atoms with E-state index < -0.39 is 5.60 Å². The average Bonchev–Trinajstić information content (AvgIpc) is 2.89. The summed E-state index contributed by atoms with van der Waals surface area (Å²) in [7, 11) is -0.202. The van der Waals surface area contributed by atoms with Crippen molar-refractivity contribution >= 4 is 16.9 Å². The lowest BCUT2D eigenvalue weighted by atomic mass is 9.46. The van der Waals surface area contributed by atoms with Crippen LogP contribution in [0.5, 0.6) is 5.75 Å². The molecule has 0 radical (unpaired) electrons. The zero-order valence-corrected chi connectivity index (χ0v) is 22.7. The predicted molar refractivity (Wildman–Crippen MR) is 148 cm³/mol. The molecule has 4 aliphatic carbocycles. The zero-order valence-electron chi connectivity index (χ0n) is 21.9. The third-order valence-electron chi connectivity index (χ3n) is 9.06. The van der Waals surface area contributed by atoms with E-state index in [1.54, 1.807) is 0 Å². The Labute approximate surface area is 223 Å². The van der Waals surface area contributed by atoms with Crippen molar-refractivity contribution in [1.82, 2.24) is 0 Å². The van der Waals surface area contributed by atoms with Crippen LogP contribution in [0.4, 0.5) is 0 Å². The van der Waals surface area contributed by atoms with Crippen molar-refractivity contribution < 1.29 is 14.3 Å². The van der Waals surface area contributed by atoms with Crippen LogP contribution < -0.4 is 4.74 Å². The van der Waals surface area contributed by atoms with Gasteiger partial charge in [0, 0.05) is 5.41 Å². The molecule has 0 amide bonds. The van der Waals surface area contributed by atoms with Gasteiger partial charge < -0.3 is 9.47 Å². The Bertz CT molecular complexity index is 1140. The Balaban J connectivity index is 1.11. The summed E-state index contributed by atoms with van der Waals surface area (Å²) in [5.74, 6) is 2.91. The van der Waals surface area contributed by atoms with E-state index in [0.29, 0.717) is 5.75 Å². The first-order valence-corrected chi connectivity index (χ1v) is 14.9. The molecule has 3 nitrogen and oxygen atoms in total. The van der Waals surface area contributed by atoms with Crippen molar-refractivity contribution in [2.45, 2.75) is 72.7 Å². The molecule has 0 heterocycles. The van der Waals surface area contributed by atoms with Crippen LogP contribution in [0, 0.1) is 23.2 Å². The van der Waals surface area contributed by atoms with Crippen LogP contribution in [0.1, 0.15) is 52.4 Å². The largest absolute Gasteiger partial charge is 0.482 e. The van der Waals surface area contributed by atoms with Gasteiger partial charge in [-0.25, -0.2) is 4.79 Å². The molecule has 0 atom stereocenters. The van der Waals surface area contributed by atoms with Gasteiger partial charge in [0.05, 0.1) is 10.9 Å². The third-order valence-corrected chi connectivity index (χ3v) is 11.3.